The number of halogens is 1. The minimum atomic E-state index is -3.77. The van der Waals surface area contributed by atoms with Crippen LogP contribution in [0.25, 0.3) is 0 Å². The van der Waals surface area contributed by atoms with Gasteiger partial charge in [-0.15, -0.1) is 11.0 Å². The van der Waals surface area contributed by atoms with Gasteiger partial charge in [-0.1, -0.05) is 12.1 Å². The second kappa shape index (κ2) is 5.24. The number of hydrogen-bond donors (Lipinski definition) is 0. The molecule has 1 aromatic carbocycles. The number of likely N-dealkylation sites (N-methyl/N-ethyl adjacent to an activating group) is 1. The minimum absolute atomic E-state index is 0.0292. The Labute approximate surface area is 117 Å². The van der Waals surface area contributed by atoms with Crippen molar-refractivity contribution < 1.29 is 17.5 Å². The Morgan fingerprint density at radius 3 is 2.85 bits per heavy atom. The van der Waals surface area contributed by atoms with Crippen molar-refractivity contribution >= 4 is 15.9 Å². The van der Waals surface area contributed by atoms with E-state index in [1.54, 1.807) is 18.0 Å². The van der Waals surface area contributed by atoms with Crippen molar-refractivity contribution in [2.45, 2.75) is 18.2 Å². The Bertz CT molecular complexity index is 668. The number of amidine groups is 1. The van der Waals surface area contributed by atoms with E-state index in [1.165, 1.54) is 25.1 Å². The summed E-state index contributed by atoms with van der Waals surface area (Å²) in [5.74, 6) is 0.393. The van der Waals surface area contributed by atoms with Crippen molar-refractivity contribution in [1.29, 1.82) is 0 Å². The molecule has 0 amide bonds. The van der Waals surface area contributed by atoms with Gasteiger partial charge in [0.25, 0.3) is 10.0 Å². The fourth-order valence-electron chi connectivity index (χ4n) is 1.97. The molecule has 0 aliphatic carbocycles. The standard InChI is InChI=1S/C13H15FN2O3S/c1-4-8-16(3)13-12-10(19-9(2)14)6-5-7-11(12)20(17,18)15-13/h4-7,9H,1,8H2,2-3H3. The summed E-state index contributed by atoms with van der Waals surface area (Å²) in [5, 5.41) is 0. The summed E-state index contributed by atoms with van der Waals surface area (Å²) in [6.45, 7) is 5.24. The number of rotatable bonds is 4. The maximum atomic E-state index is 13.1. The van der Waals surface area contributed by atoms with Crippen molar-refractivity contribution in [3.05, 3.63) is 36.4 Å². The Morgan fingerprint density at radius 1 is 1.55 bits per heavy atom. The van der Waals surface area contributed by atoms with Gasteiger partial charge < -0.3 is 9.64 Å². The molecule has 0 fully saturated rings. The molecule has 7 heteroatoms. The Kier molecular flexibility index (Phi) is 3.80. The van der Waals surface area contributed by atoms with Gasteiger partial charge in [-0.3, -0.25) is 0 Å². The quantitative estimate of drug-likeness (QED) is 0.797. The summed E-state index contributed by atoms with van der Waals surface area (Å²) in [6.07, 6.45) is 0.0738. The van der Waals surface area contributed by atoms with Gasteiger partial charge >= 0.3 is 0 Å². The van der Waals surface area contributed by atoms with E-state index in [-0.39, 0.29) is 16.5 Å². The minimum Gasteiger partial charge on any atom is -0.460 e. The van der Waals surface area contributed by atoms with Gasteiger partial charge in [0.05, 0.1) is 5.56 Å². The zero-order valence-corrected chi connectivity index (χ0v) is 12.0. The normalized spacial score (nSPS) is 17.1. The molecule has 0 saturated heterocycles. The van der Waals surface area contributed by atoms with E-state index in [0.717, 1.165) is 0 Å². The number of nitrogens with zero attached hydrogens (tertiary/aromatic N) is 2. The van der Waals surface area contributed by atoms with Crippen LogP contribution in [0.4, 0.5) is 4.39 Å². The lowest BCUT2D eigenvalue weighted by atomic mass is 10.1. The average Bonchev–Trinajstić information content (AvgIpc) is 2.63. The van der Waals surface area contributed by atoms with Gasteiger partial charge in [0.1, 0.15) is 10.6 Å². The summed E-state index contributed by atoms with van der Waals surface area (Å²) < 4.78 is 45.9. The smallest absolute Gasteiger partial charge is 0.285 e. The molecule has 0 N–H and O–H groups in total. The van der Waals surface area contributed by atoms with E-state index >= 15 is 0 Å². The van der Waals surface area contributed by atoms with Crippen molar-refractivity contribution in [2.75, 3.05) is 13.6 Å². The van der Waals surface area contributed by atoms with Crippen LogP contribution in [0.2, 0.25) is 0 Å². The van der Waals surface area contributed by atoms with E-state index in [0.29, 0.717) is 12.1 Å². The molecule has 0 radical (unpaired) electrons. The summed E-state index contributed by atoms with van der Waals surface area (Å²) in [4.78, 5) is 1.65. The molecule has 20 heavy (non-hydrogen) atoms. The number of sulfonamides is 1. The first-order valence-corrected chi connectivity index (χ1v) is 7.42. The number of ether oxygens (including phenoxy) is 1. The second-order valence-corrected chi connectivity index (χ2v) is 5.92. The highest BCUT2D eigenvalue weighted by Crippen LogP contribution is 2.34. The molecule has 2 rings (SSSR count). The Hall–Kier alpha value is -1.89. The lowest BCUT2D eigenvalue weighted by Crippen LogP contribution is -2.27. The molecule has 108 valence electrons. The van der Waals surface area contributed by atoms with E-state index in [9.17, 15) is 12.8 Å². The molecule has 1 aliphatic rings. The Balaban J connectivity index is 2.59. The number of fused-ring (bicyclic) bond motifs is 1. The number of benzene rings is 1. The van der Waals surface area contributed by atoms with Crippen molar-refractivity contribution in [3.63, 3.8) is 0 Å². The first-order chi connectivity index (χ1) is 9.36. The first-order valence-electron chi connectivity index (χ1n) is 5.98. The molecular formula is C13H15FN2O3S. The predicted octanol–water partition coefficient (Wildman–Crippen LogP) is 1.95. The molecule has 0 spiro atoms. The van der Waals surface area contributed by atoms with Gasteiger partial charge in [-0.2, -0.15) is 8.42 Å². The van der Waals surface area contributed by atoms with Crippen LogP contribution in [-0.2, 0) is 10.0 Å². The maximum absolute atomic E-state index is 13.1. The third-order valence-corrected chi connectivity index (χ3v) is 4.06. The second-order valence-electron chi connectivity index (χ2n) is 4.35. The van der Waals surface area contributed by atoms with Crippen LogP contribution in [0.1, 0.15) is 12.5 Å². The fourth-order valence-corrected chi connectivity index (χ4v) is 3.23. The zero-order chi connectivity index (χ0) is 14.9. The lowest BCUT2D eigenvalue weighted by Gasteiger charge is -2.19. The molecule has 1 atom stereocenters. The zero-order valence-electron chi connectivity index (χ0n) is 11.2. The highest BCUT2D eigenvalue weighted by molar-refractivity contribution is 7.90. The lowest BCUT2D eigenvalue weighted by molar-refractivity contribution is 0.0855. The van der Waals surface area contributed by atoms with Crippen LogP contribution >= 0.6 is 0 Å². The highest BCUT2D eigenvalue weighted by atomic mass is 32.2. The predicted molar refractivity (Wildman–Crippen MR) is 74.2 cm³/mol. The van der Waals surface area contributed by atoms with E-state index in [1.807, 2.05) is 0 Å². The summed E-state index contributed by atoms with van der Waals surface area (Å²) in [7, 11) is -2.09. The molecule has 1 heterocycles. The average molecular weight is 298 g/mol. The largest absolute Gasteiger partial charge is 0.460 e. The molecule has 0 aromatic heterocycles. The van der Waals surface area contributed by atoms with Gasteiger partial charge in [0.15, 0.2) is 5.84 Å². The van der Waals surface area contributed by atoms with Crippen LogP contribution in [-0.4, -0.2) is 39.1 Å². The van der Waals surface area contributed by atoms with Crippen molar-refractivity contribution in [2.24, 2.45) is 4.40 Å². The molecule has 1 aromatic rings. The van der Waals surface area contributed by atoms with Crippen molar-refractivity contribution in [3.8, 4) is 5.75 Å². The van der Waals surface area contributed by atoms with Crippen LogP contribution in [0.5, 0.6) is 5.75 Å². The number of hydrogen-bond acceptors (Lipinski definition) is 4. The van der Waals surface area contributed by atoms with Gasteiger partial charge in [0, 0.05) is 20.5 Å². The van der Waals surface area contributed by atoms with Crippen LogP contribution < -0.4 is 4.74 Å². The first kappa shape index (κ1) is 14.5. The third kappa shape index (κ3) is 2.53. The maximum Gasteiger partial charge on any atom is 0.285 e. The third-order valence-electron chi connectivity index (χ3n) is 2.75. The summed E-state index contributed by atoms with van der Waals surface area (Å²) >= 11 is 0. The monoisotopic (exact) mass is 298 g/mol. The van der Waals surface area contributed by atoms with Crippen LogP contribution in [0.3, 0.4) is 0 Å². The van der Waals surface area contributed by atoms with E-state index < -0.39 is 16.4 Å². The molecule has 0 bridgehead atoms. The van der Waals surface area contributed by atoms with Crippen LogP contribution in [0, 0.1) is 0 Å². The van der Waals surface area contributed by atoms with Gasteiger partial charge in [-0.25, -0.2) is 4.39 Å². The van der Waals surface area contributed by atoms with E-state index in [4.69, 9.17) is 4.74 Å². The highest BCUT2D eigenvalue weighted by Gasteiger charge is 2.33. The molecule has 0 saturated carbocycles. The molecule has 1 unspecified atom stereocenters. The molecule has 5 nitrogen and oxygen atoms in total. The SMILES string of the molecule is C=CCN(C)C1=NS(=O)(=O)c2cccc(OC(C)F)c21. The van der Waals surface area contributed by atoms with Crippen molar-refractivity contribution in [1.82, 2.24) is 4.90 Å². The molecule has 1 aliphatic heterocycles. The topological polar surface area (TPSA) is 59.0 Å². The van der Waals surface area contributed by atoms with Gasteiger partial charge in [0.2, 0.25) is 6.36 Å². The van der Waals surface area contributed by atoms with Crippen LogP contribution in [0.15, 0.2) is 40.1 Å². The molecular weight excluding hydrogens is 283 g/mol. The number of alkyl halides is 1. The van der Waals surface area contributed by atoms with Gasteiger partial charge in [-0.05, 0) is 12.1 Å². The van der Waals surface area contributed by atoms with E-state index in [2.05, 4.69) is 11.0 Å². The summed E-state index contributed by atoms with van der Waals surface area (Å²) in [6, 6.07) is 4.45. The summed E-state index contributed by atoms with van der Waals surface area (Å²) in [5.41, 5.74) is 0.293. The Morgan fingerprint density at radius 2 is 2.25 bits per heavy atom. The fraction of sp³-hybridized carbons (Fsp3) is 0.308.